The molecule has 1 heterocycles. The SMILES string of the molecule is CC1CC(Cl)NC(NC(=O)NC2CCC(OC(F)(F)F)C(Cl)C2)N1. The zero-order chi connectivity index (χ0) is 17.9. The van der Waals surface area contributed by atoms with Gasteiger partial charge in [0.1, 0.15) is 6.29 Å². The van der Waals surface area contributed by atoms with Crippen LogP contribution in [-0.4, -0.2) is 47.7 Å². The molecule has 2 aliphatic rings. The van der Waals surface area contributed by atoms with E-state index in [4.69, 9.17) is 23.2 Å². The topological polar surface area (TPSA) is 74.4 Å². The minimum absolute atomic E-state index is 0.124. The number of rotatable bonds is 3. The van der Waals surface area contributed by atoms with Gasteiger partial charge in [0.25, 0.3) is 0 Å². The lowest BCUT2D eigenvalue weighted by Crippen LogP contribution is -2.65. The van der Waals surface area contributed by atoms with E-state index in [-0.39, 0.29) is 30.4 Å². The van der Waals surface area contributed by atoms with Gasteiger partial charge in [-0.3, -0.25) is 15.4 Å². The first-order valence-corrected chi connectivity index (χ1v) is 8.61. The lowest BCUT2D eigenvalue weighted by atomic mass is 9.92. The van der Waals surface area contributed by atoms with Crippen molar-refractivity contribution < 1.29 is 22.7 Å². The van der Waals surface area contributed by atoms with Crippen LogP contribution in [0.25, 0.3) is 0 Å². The van der Waals surface area contributed by atoms with Crippen LogP contribution in [0.5, 0.6) is 0 Å². The third kappa shape index (κ3) is 6.44. The van der Waals surface area contributed by atoms with E-state index in [9.17, 15) is 18.0 Å². The number of carbonyl (C=O) groups is 1. The molecule has 6 atom stereocenters. The van der Waals surface area contributed by atoms with Crippen LogP contribution in [0.4, 0.5) is 18.0 Å². The molecule has 6 unspecified atom stereocenters. The first-order chi connectivity index (χ1) is 11.1. The smallest absolute Gasteiger partial charge is 0.335 e. The number of hydrogen-bond acceptors (Lipinski definition) is 4. The Morgan fingerprint density at radius 2 is 1.88 bits per heavy atom. The predicted octanol–water partition coefficient (Wildman–Crippen LogP) is 2.17. The Morgan fingerprint density at radius 1 is 1.17 bits per heavy atom. The van der Waals surface area contributed by atoms with Gasteiger partial charge in [-0.05, 0) is 32.6 Å². The average Bonchev–Trinajstić information content (AvgIpc) is 2.39. The molecule has 0 aromatic rings. The molecular weight excluding hydrogens is 372 g/mol. The van der Waals surface area contributed by atoms with Gasteiger partial charge >= 0.3 is 12.4 Å². The summed E-state index contributed by atoms with van der Waals surface area (Å²) in [4.78, 5) is 12.0. The molecule has 24 heavy (non-hydrogen) atoms. The van der Waals surface area contributed by atoms with Crippen molar-refractivity contribution in [2.24, 2.45) is 0 Å². The van der Waals surface area contributed by atoms with E-state index in [2.05, 4.69) is 26.0 Å². The van der Waals surface area contributed by atoms with Gasteiger partial charge in [-0.25, -0.2) is 4.79 Å². The van der Waals surface area contributed by atoms with Crippen molar-refractivity contribution in [1.29, 1.82) is 0 Å². The maximum Gasteiger partial charge on any atom is 0.522 e. The predicted molar refractivity (Wildman–Crippen MR) is 83.7 cm³/mol. The Hall–Kier alpha value is -0.480. The Balaban J connectivity index is 1.75. The van der Waals surface area contributed by atoms with Crippen LogP contribution in [-0.2, 0) is 4.74 Å². The molecule has 2 rings (SSSR count). The third-order valence-corrected chi connectivity index (χ3v) is 4.73. The number of carbonyl (C=O) groups excluding carboxylic acids is 1. The summed E-state index contributed by atoms with van der Waals surface area (Å²) >= 11 is 12.0. The van der Waals surface area contributed by atoms with E-state index in [1.807, 2.05) is 6.92 Å². The Morgan fingerprint density at radius 3 is 2.46 bits per heavy atom. The molecule has 11 heteroatoms. The van der Waals surface area contributed by atoms with Gasteiger partial charge in [-0.2, -0.15) is 0 Å². The monoisotopic (exact) mass is 392 g/mol. The summed E-state index contributed by atoms with van der Waals surface area (Å²) in [6.45, 7) is 1.95. The highest BCUT2D eigenvalue weighted by molar-refractivity contribution is 6.21. The fourth-order valence-electron chi connectivity index (χ4n) is 2.92. The van der Waals surface area contributed by atoms with Crippen molar-refractivity contribution in [3.8, 4) is 0 Å². The van der Waals surface area contributed by atoms with Crippen molar-refractivity contribution >= 4 is 29.2 Å². The minimum atomic E-state index is -4.71. The van der Waals surface area contributed by atoms with E-state index in [0.717, 1.165) is 6.42 Å². The number of ether oxygens (including phenoxy) is 1. The molecule has 0 radical (unpaired) electrons. The summed E-state index contributed by atoms with van der Waals surface area (Å²) in [7, 11) is 0. The average molecular weight is 393 g/mol. The summed E-state index contributed by atoms with van der Waals surface area (Å²) in [6.07, 6.45) is -4.87. The molecule has 1 saturated carbocycles. The van der Waals surface area contributed by atoms with E-state index < -0.39 is 30.2 Å². The zero-order valence-corrected chi connectivity index (χ0v) is 14.5. The fraction of sp³-hybridized carbons (Fsp3) is 0.923. The number of nitrogens with one attached hydrogen (secondary N) is 4. The van der Waals surface area contributed by atoms with Gasteiger partial charge in [-0.15, -0.1) is 36.4 Å². The lowest BCUT2D eigenvalue weighted by Gasteiger charge is -2.35. The number of urea groups is 1. The molecule has 1 aliphatic heterocycles. The van der Waals surface area contributed by atoms with E-state index in [0.29, 0.717) is 6.42 Å². The highest BCUT2D eigenvalue weighted by atomic mass is 35.5. The second-order valence-electron chi connectivity index (χ2n) is 6.12. The maximum absolute atomic E-state index is 12.3. The summed E-state index contributed by atoms with van der Waals surface area (Å²) in [5.74, 6) is 0. The summed E-state index contributed by atoms with van der Waals surface area (Å²) in [5.41, 5.74) is -0.256. The molecule has 0 bridgehead atoms. The highest BCUT2D eigenvalue weighted by Gasteiger charge is 2.39. The Kier molecular flexibility index (Phi) is 6.83. The second kappa shape index (κ2) is 8.27. The van der Waals surface area contributed by atoms with Crippen molar-refractivity contribution in [3.63, 3.8) is 0 Å². The number of amides is 2. The van der Waals surface area contributed by atoms with Crippen LogP contribution < -0.4 is 21.3 Å². The Labute approximate surface area is 148 Å². The molecule has 6 nitrogen and oxygen atoms in total. The fourth-order valence-corrected chi connectivity index (χ4v) is 3.71. The van der Waals surface area contributed by atoms with Crippen molar-refractivity contribution in [3.05, 3.63) is 0 Å². The third-order valence-electron chi connectivity index (χ3n) is 3.97. The van der Waals surface area contributed by atoms with E-state index in [1.54, 1.807) is 0 Å². The standard InChI is InChI=1S/C13H21Cl2F3N4O2/c1-6-4-10(15)21-11(19-6)22-12(23)20-7-2-3-9(8(14)5-7)24-13(16,17)18/h6-11,19,21H,2-5H2,1H3,(H2,20,22,23). The molecule has 0 aromatic carbocycles. The highest BCUT2D eigenvalue weighted by Crippen LogP contribution is 2.31. The number of halogens is 5. The normalized spacial score (nSPS) is 37.8. The summed E-state index contributed by atoms with van der Waals surface area (Å²) < 4.78 is 40.8. The molecule has 0 spiro atoms. The summed E-state index contributed by atoms with van der Waals surface area (Å²) in [6, 6.07) is -0.614. The molecular formula is C13H21Cl2F3N4O2. The molecule has 0 aromatic heterocycles. The number of alkyl halides is 5. The quantitative estimate of drug-likeness (QED) is 0.438. The van der Waals surface area contributed by atoms with Crippen LogP contribution in [0.1, 0.15) is 32.6 Å². The van der Waals surface area contributed by atoms with Gasteiger partial charge in [-0.1, -0.05) is 0 Å². The molecule has 2 fully saturated rings. The first-order valence-electron chi connectivity index (χ1n) is 7.74. The second-order valence-corrected chi connectivity index (χ2v) is 7.20. The van der Waals surface area contributed by atoms with Crippen molar-refractivity contribution in [1.82, 2.24) is 21.3 Å². The largest absolute Gasteiger partial charge is 0.522 e. The van der Waals surface area contributed by atoms with Gasteiger partial charge in [0.15, 0.2) is 0 Å². The van der Waals surface area contributed by atoms with Crippen LogP contribution in [0.3, 0.4) is 0 Å². The minimum Gasteiger partial charge on any atom is -0.335 e. The van der Waals surface area contributed by atoms with Gasteiger partial charge in [0.2, 0.25) is 0 Å². The van der Waals surface area contributed by atoms with Crippen molar-refractivity contribution in [2.45, 2.75) is 74.3 Å². The first kappa shape index (κ1) is 19.8. The molecule has 4 N–H and O–H groups in total. The Bertz CT molecular complexity index is 434. The van der Waals surface area contributed by atoms with Gasteiger partial charge in [0, 0.05) is 12.1 Å². The van der Waals surface area contributed by atoms with Crippen LogP contribution >= 0.6 is 23.2 Å². The zero-order valence-electron chi connectivity index (χ0n) is 13.0. The molecule has 140 valence electrons. The van der Waals surface area contributed by atoms with Crippen molar-refractivity contribution in [2.75, 3.05) is 0 Å². The van der Waals surface area contributed by atoms with Crippen LogP contribution in [0.15, 0.2) is 0 Å². The molecule has 1 aliphatic carbocycles. The maximum atomic E-state index is 12.3. The van der Waals surface area contributed by atoms with Crippen LogP contribution in [0, 0.1) is 0 Å². The van der Waals surface area contributed by atoms with Gasteiger partial charge in [0.05, 0.1) is 17.0 Å². The van der Waals surface area contributed by atoms with E-state index >= 15 is 0 Å². The van der Waals surface area contributed by atoms with E-state index in [1.165, 1.54) is 0 Å². The lowest BCUT2D eigenvalue weighted by molar-refractivity contribution is -0.344. The number of hydrogen-bond donors (Lipinski definition) is 4. The molecule has 1 saturated heterocycles. The molecule has 2 amide bonds. The van der Waals surface area contributed by atoms with Crippen LogP contribution in [0.2, 0.25) is 0 Å². The summed E-state index contributed by atoms with van der Waals surface area (Å²) in [5, 5.41) is 10.7. The van der Waals surface area contributed by atoms with Gasteiger partial charge < -0.3 is 10.6 Å².